The molecule has 34 heavy (non-hydrogen) atoms. The summed E-state index contributed by atoms with van der Waals surface area (Å²) in [6, 6.07) is 6.81. The molecular formula is C27H37N3O4. The fraction of sp³-hybridized carbons (Fsp3) is 0.593. The zero-order chi connectivity index (χ0) is 23.8. The molecule has 3 amide bonds. The van der Waals surface area contributed by atoms with E-state index in [1.165, 1.54) is 6.42 Å². The monoisotopic (exact) mass is 467 g/mol. The minimum absolute atomic E-state index is 0.0190. The van der Waals surface area contributed by atoms with Crippen molar-refractivity contribution < 1.29 is 19.1 Å². The molecule has 2 unspecified atom stereocenters. The van der Waals surface area contributed by atoms with E-state index < -0.39 is 12.1 Å². The van der Waals surface area contributed by atoms with E-state index in [9.17, 15) is 14.4 Å². The fourth-order valence-corrected chi connectivity index (χ4v) is 5.33. The summed E-state index contributed by atoms with van der Waals surface area (Å²) in [4.78, 5) is 41.0. The highest BCUT2D eigenvalue weighted by Gasteiger charge is 2.37. The van der Waals surface area contributed by atoms with E-state index in [0.29, 0.717) is 45.4 Å². The lowest BCUT2D eigenvalue weighted by Crippen LogP contribution is -2.56. The quantitative estimate of drug-likeness (QED) is 0.662. The Bertz CT molecular complexity index is 894. The number of rotatable bonds is 1. The molecule has 1 saturated heterocycles. The van der Waals surface area contributed by atoms with Crippen LogP contribution < -0.4 is 15.4 Å². The Labute approximate surface area is 202 Å². The van der Waals surface area contributed by atoms with Crippen molar-refractivity contribution in [2.45, 2.75) is 76.3 Å². The van der Waals surface area contributed by atoms with Crippen LogP contribution in [0.1, 0.15) is 69.8 Å². The summed E-state index contributed by atoms with van der Waals surface area (Å²) in [6.07, 6.45) is 12.4. The number of hydrogen-bond donors (Lipinski definition) is 2. The van der Waals surface area contributed by atoms with Crippen molar-refractivity contribution in [2.75, 3.05) is 19.7 Å². The minimum atomic E-state index is -0.540. The van der Waals surface area contributed by atoms with E-state index in [-0.39, 0.29) is 23.6 Å². The second-order valence-electron chi connectivity index (χ2n) is 9.64. The molecule has 2 atom stereocenters. The lowest BCUT2D eigenvalue weighted by atomic mass is 9.83. The standard InChI is InChI=1S/C27H37N3O4/c31-24-15-8-18-34-22-13-6-10-20(19-22)9-4-5-16-28-27(33)25(21-11-2-1-3-12-21)29-26(32)23-14-7-17-30(23)24/h4,6,9-10,13,19,21,23,25H,1-3,5,7-8,11-12,14-18H2,(H,28,33)(H,29,32)/b9-4+. The topological polar surface area (TPSA) is 87.7 Å². The van der Waals surface area contributed by atoms with Gasteiger partial charge in [0.1, 0.15) is 17.8 Å². The number of nitrogens with one attached hydrogen (secondary N) is 2. The molecule has 2 bridgehead atoms. The van der Waals surface area contributed by atoms with Crippen LogP contribution >= 0.6 is 0 Å². The highest BCUT2D eigenvalue weighted by atomic mass is 16.5. The Balaban J connectivity index is 1.51. The van der Waals surface area contributed by atoms with E-state index >= 15 is 0 Å². The number of carbonyl (C=O) groups is 3. The molecule has 4 rings (SSSR count). The van der Waals surface area contributed by atoms with E-state index in [2.05, 4.69) is 10.6 Å². The molecule has 1 saturated carbocycles. The molecule has 0 spiro atoms. The third kappa shape index (κ3) is 6.39. The molecule has 2 aliphatic heterocycles. The van der Waals surface area contributed by atoms with Gasteiger partial charge in [-0.15, -0.1) is 0 Å². The fourth-order valence-electron chi connectivity index (χ4n) is 5.33. The molecule has 3 aliphatic rings. The Morgan fingerprint density at radius 2 is 1.79 bits per heavy atom. The summed E-state index contributed by atoms with van der Waals surface area (Å²) in [6.45, 7) is 1.55. The Morgan fingerprint density at radius 1 is 0.941 bits per heavy atom. The van der Waals surface area contributed by atoms with Crippen molar-refractivity contribution in [3.63, 3.8) is 0 Å². The molecular weight excluding hydrogens is 430 g/mol. The summed E-state index contributed by atoms with van der Waals surface area (Å²) in [7, 11) is 0. The molecule has 0 aromatic heterocycles. The normalized spacial score (nSPS) is 26.8. The maximum Gasteiger partial charge on any atom is 0.243 e. The average Bonchev–Trinajstić information content (AvgIpc) is 3.35. The average molecular weight is 468 g/mol. The molecule has 1 aromatic carbocycles. The van der Waals surface area contributed by atoms with Gasteiger partial charge in [0.2, 0.25) is 17.7 Å². The van der Waals surface area contributed by atoms with E-state index in [1.807, 2.05) is 36.4 Å². The predicted octanol–water partition coefficient (Wildman–Crippen LogP) is 3.43. The lowest BCUT2D eigenvalue weighted by molar-refractivity contribution is -0.140. The van der Waals surface area contributed by atoms with Crippen LogP contribution in [0.5, 0.6) is 5.75 Å². The Kier molecular flexibility index (Phi) is 8.61. The van der Waals surface area contributed by atoms with E-state index in [1.54, 1.807) is 4.90 Å². The molecule has 0 radical (unpaired) electrons. The van der Waals surface area contributed by atoms with Crippen molar-refractivity contribution >= 4 is 23.8 Å². The first kappa shape index (κ1) is 24.3. The van der Waals surface area contributed by atoms with Crippen molar-refractivity contribution in [1.29, 1.82) is 0 Å². The third-order valence-corrected chi connectivity index (χ3v) is 7.16. The summed E-state index contributed by atoms with van der Waals surface area (Å²) in [5.74, 6) is 0.594. The van der Waals surface area contributed by atoms with Gasteiger partial charge >= 0.3 is 0 Å². The molecule has 7 heteroatoms. The molecule has 2 N–H and O–H groups in total. The zero-order valence-electron chi connectivity index (χ0n) is 20.0. The van der Waals surface area contributed by atoms with Gasteiger partial charge in [0.05, 0.1) is 6.61 Å². The van der Waals surface area contributed by atoms with Crippen LogP contribution in [0.25, 0.3) is 6.08 Å². The number of fused-ring (bicyclic) bond motifs is 3. The third-order valence-electron chi connectivity index (χ3n) is 7.16. The number of amides is 3. The first-order valence-corrected chi connectivity index (χ1v) is 12.9. The largest absolute Gasteiger partial charge is 0.494 e. The second kappa shape index (κ2) is 12.0. The van der Waals surface area contributed by atoms with Crippen LogP contribution in [0.4, 0.5) is 0 Å². The van der Waals surface area contributed by atoms with Gasteiger partial charge in [-0.1, -0.05) is 43.5 Å². The molecule has 2 fully saturated rings. The maximum absolute atomic E-state index is 13.3. The van der Waals surface area contributed by atoms with Crippen LogP contribution in [-0.2, 0) is 14.4 Å². The van der Waals surface area contributed by atoms with Crippen LogP contribution in [0, 0.1) is 5.92 Å². The van der Waals surface area contributed by atoms with Crippen LogP contribution in [0.15, 0.2) is 30.3 Å². The van der Waals surface area contributed by atoms with Gasteiger partial charge in [0.15, 0.2) is 0 Å². The second-order valence-corrected chi connectivity index (χ2v) is 9.64. The highest BCUT2D eigenvalue weighted by Crippen LogP contribution is 2.27. The summed E-state index contributed by atoms with van der Waals surface area (Å²) >= 11 is 0. The van der Waals surface area contributed by atoms with Crippen molar-refractivity contribution in [1.82, 2.24) is 15.5 Å². The van der Waals surface area contributed by atoms with Crippen molar-refractivity contribution in [3.8, 4) is 5.75 Å². The number of nitrogens with zero attached hydrogens (tertiary/aromatic N) is 1. The maximum atomic E-state index is 13.3. The molecule has 2 heterocycles. The molecule has 184 valence electrons. The zero-order valence-corrected chi connectivity index (χ0v) is 20.0. The Hall–Kier alpha value is -2.83. The van der Waals surface area contributed by atoms with Crippen molar-refractivity contribution in [2.24, 2.45) is 5.92 Å². The van der Waals surface area contributed by atoms with E-state index in [0.717, 1.165) is 43.4 Å². The van der Waals surface area contributed by atoms with E-state index in [4.69, 9.17) is 4.74 Å². The minimum Gasteiger partial charge on any atom is -0.494 e. The van der Waals surface area contributed by atoms with Gasteiger partial charge in [0, 0.05) is 19.5 Å². The number of carbonyl (C=O) groups excluding carboxylic acids is 3. The smallest absolute Gasteiger partial charge is 0.243 e. The van der Waals surface area contributed by atoms with Crippen LogP contribution in [0.3, 0.4) is 0 Å². The lowest BCUT2D eigenvalue weighted by Gasteiger charge is -2.32. The first-order valence-electron chi connectivity index (χ1n) is 12.9. The number of benzene rings is 1. The predicted molar refractivity (Wildman–Crippen MR) is 131 cm³/mol. The summed E-state index contributed by atoms with van der Waals surface area (Å²) < 4.78 is 5.85. The Morgan fingerprint density at radius 3 is 2.65 bits per heavy atom. The highest BCUT2D eigenvalue weighted by molar-refractivity contribution is 5.92. The van der Waals surface area contributed by atoms with Gasteiger partial charge in [-0.25, -0.2) is 0 Å². The SMILES string of the molecule is O=C1NCC/C=C/c2cccc(c2)OCCCC(=O)N2CCCC2C(=O)NC1C1CCCCC1. The van der Waals surface area contributed by atoms with Crippen molar-refractivity contribution in [3.05, 3.63) is 35.9 Å². The van der Waals surface area contributed by atoms with Gasteiger partial charge in [-0.3, -0.25) is 14.4 Å². The van der Waals surface area contributed by atoms with Crippen LogP contribution in [-0.4, -0.2) is 54.4 Å². The van der Waals surface area contributed by atoms with Gasteiger partial charge in [-0.05, 0) is 62.1 Å². The molecule has 1 aromatic rings. The number of ether oxygens (including phenoxy) is 1. The van der Waals surface area contributed by atoms with Gasteiger partial charge in [-0.2, -0.15) is 0 Å². The first-order chi connectivity index (χ1) is 16.6. The van der Waals surface area contributed by atoms with Crippen LogP contribution in [0.2, 0.25) is 0 Å². The molecule has 1 aliphatic carbocycles. The van der Waals surface area contributed by atoms with Gasteiger partial charge in [0.25, 0.3) is 0 Å². The molecule has 7 nitrogen and oxygen atoms in total. The summed E-state index contributed by atoms with van der Waals surface area (Å²) in [5.41, 5.74) is 1.03. The number of hydrogen-bond acceptors (Lipinski definition) is 4. The summed E-state index contributed by atoms with van der Waals surface area (Å²) in [5, 5.41) is 6.09. The van der Waals surface area contributed by atoms with Gasteiger partial charge < -0.3 is 20.3 Å².